The van der Waals surface area contributed by atoms with Crippen LogP contribution in [0.2, 0.25) is 0 Å². The molecule has 0 aliphatic rings. The molecule has 0 atom stereocenters. The van der Waals surface area contributed by atoms with Crippen LogP contribution in [0.25, 0.3) is 11.0 Å². The second-order valence-corrected chi connectivity index (χ2v) is 5.97. The summed E-state index contributed by atoms with van der Waals surface area (Å²) >= 11 is 0. The van der Waals surface area contributed by atoms with Gasteiger partial charge >= 0.3 is 0 Å². The SMILES string of the molecule is CCC(C)(C)NC(=O)Cn1cc(CNC)c2cccnc21. The van der Waals surface area contributed by atoms with Crippen molar-refractivity contribution in [2.24, 2.45) is 0 Å². The van der Waals surface area contributed by atoms with Gasteiger partial charge in [0.25, 0.3) is 0 Å². The van der Waals surface area contributed by atoms with Gasteiger partial charge in [-0.3, -0.25) is 4.79 Å². The monoisotopic (exact) mass is 288 g/mol. The number of hydrogen-bond donors (Lipinski definition) is 2. The molecule has 21 heavy (non-hydrogen) atoms. The molecular formula is C16H24N4O. The lowest BCUT2D eigenvalue weighted by molar-refractivity contribution is -0.123. The van der Waals surface area contributed by atoms with E-state index in [0.29, 0.717) is 6.54 Å². The summed E-state index contributed by atoms with van der Waals surface area (Å²) < 4.78 is 1.92. The third-order valence-electron chi connectivity index (χ3n) is 3.76. The van der Waals surface area contributed by atoms with E-state index in [1.807, 2.05) is 43.8 Å². The van der Waals surface area contributed by atoms with Crippen molar-refractivity contribution < 1.29 is 4.79 Å². The normalized spacial score (nSPS) is 11.8. The smallest absolute Gasteiger partial charge is 0.240 e. The Hall–Kier alpha value is -1.88. The number of hydrogen-bond acceptors (Lipinski definition) is 3. The molecule has 0 bridgehead atoms. The first-order chi connectivity index (χ1) is 9.96. The van der Waals surface area contributed by atoms with E-state index in [1.54, 1.807) is 6.20 Å². The Labute approximate surface area is 125 Å². The first kappa shape index (κ1) is 15.5. The van der Waals surface area contributed by atoms with Crippen molar-refractivity contribution in [3.8, 4) is 0 Å². The first-order valence-electron chi connectivity index (χ1n) is 7.35. The number of amides is 1. The maximum atomic E-state index is 12.2. The van der Waals surface area contributed by atoms with Crippen molar-refractivity contribution >= 4 is 16.9 Å². The predicted octanol–water partition coefficient (Wildman–Crippen LogP) is 2.06. The van der Waals surface area contributed by atoms with Crippen LogP contribution in [0.5, 0.6) is 0 Å². The number of pyridine rings is 1. The number of nitrogens with one attached hydrogen (secondary N) is 2. The van der Waals surface area contributed by atoms with Crippen LogP contribution in [0, 0.1) is 0 Å². The standard InChI is InChI=1S/C16H24N4O/c1-5-16(2,3)19-14(21)11-20-10-12(9-17-4)13-7-6-8-18-15(13)20/h6-8,10,17H,5,9,11H2,1-4H3,(H,19,21). The van der Waals surface area contributed by atoms with Gasteiger partial charge in [0.05, 0.1) is 0 Å². The largest absolute Gasteiger partial charge is 0.350 e. The highest BCUT2D eigenvalue weighted by Crippen LogP contribution is 2.19. The molecule has 0 aliphatic heterocycles. The average molecular weight is 288 g/mol. The molecule has 0 spiro atoms. The molecule has 0 aromatic carbocycles. The number of fused-ring (bicyclic) bond motifs is 1. The summed E-state index contributed by atoms with van der Waals surface area (Å²) in [5.74, 6) is 0.0143. The van der Waals surface area contributed by atoms with Gasteiger partial charge in [0.1, 0.15) is 12.2 Å². The molecular weight excluding hydrogens is 264 g/mol. The minimum atomic E-state index is -0.179. The lowest BCUT2D eigenvalue weighted by Gasteiger charge is -2.24. The molecule has 0 saturated carbocycles. The second kappa shape index (κ2) is 6.26. The lowest BCUT2D eigenvalue weighted by Crippen LogP contribution is -2.44. The zero-order valence-electron chi connectivity index (χ0n) is 13.2. The van der Waals surface area contributed by atoms with Crippen LogP contribution in [-0.4, -0.2) is 28.0 Å². The van der Waals surface area contributed by atoms with Gasteiger partial charge in [-0.25, -0.2) is 4.98 Å². The fourth-order valence-electron chi connectivity index (χ4n) is 2.31. The zero-order valence-corrected chi connectivity index (χ0v) is 13.2. The highest BCUT2D eigenvalue weighted by molar-refractivity contribution is 5.83. The van der Waals surface area contributed by atoms with Crippen LogP contribution in [0.4, 0.5) is 0 Å². The molecule has 2 aromatic heterocycles. The molecule has 0 radical (unpaired) electrons. The molecule has 2 aromatic rings. The van der Waals surface area contributed by atoms with E-state index >= 15 is 0 Å². The van der Waals surface area contributed by atoms with Crippen LogP contribution in [-0.2, 0) is 17.9 Å². The lowest BCUT2D eigenvalue weighted by atomic mass is 10.0. The number of rotatable bonds is 6. The van der Waals surface area contributed by atoms with Crippen LogP contribution < -0.4 is 10.6 Å². The molecule has 5 nitrogen and oxygen atoms in total. The van der Waals surface area contributed by atoms with Crippen LogP contribution in [0.15, 0.2) is 24.5 Å². The van der Waals surface area contributed by atoms with Gasteiger partial charge in [-0.2, -0.15) is 0 Å². The van der Waals surface area contributed by atoms with Crippen molar-refractivity contribution in [1.82, 2.24) is 20.2 Å². The Balaban J connectivity index is 2.24. The van der Waals surface area contributed by atoms with Crippen molar-refractivity contribution in [2.75, 3.05) is 7.05 Å². The fourth-order valence-corrected chi connectivity index (χ4v) is 2.31. The summed E-state index contributed by atoms with van der Waals surface area (Å²) in [4.78, 5) is 16.6. The Bertz CT molecular complexity index is 630. The van der Waals surface area contributed by atoms with Gasteiger partial charge in [0.15, 0.2) is 0 Å². The van der Waals surface area contributed by atoms with Crippen molar-refractivity contribution in [2.45, 2.75) is 45.8 Å². The fraction of sp³-hybridized carbons (Fsp3) is 0.500. The van der Waals surface area contributed by atoms with E-state index in [0.717, 1.165) is 29.6 Å². The summed E-state index contributed by atoms with van der Waals surface area (Å²) in [5.41, 5.74) is 1.83. The van der Waals surface area contributed by atoms with Crippen molar-refractivity contribution in [3.63, 3.8) is 0 Å². The van der Waals surface area contributed by atoms with Gasteiger partial charge in [-0.1, -0.05) is 6.92 Å². The summed E-state index contributed by atoms with van der Waals surface area (Å²) in [6, 6.07) is 3.96. The first-order valence-corrected chi connectivity index (χ1v) is 7.35. The van der Waals surface area contributed by atoms with Gasteiger partial charge in [0.2, 0.25) is 5.91 Å². The molecule has 114 valence electrons. The summed E-state index contributed by atoms with van der Waals surface area (Å²) in [7, 11) is 1.91. The maximum absolute atomic E-state index is 12.2. The molecule has 0 saturated heterocycles. The van der Waals surface area contributed by atoms with E-state index < -0.39 is 0 Å². The highest BCUT2D eigenvalue weighted by Gasteiger charge is 2.19. The Morgan fingerprint density at radius 2 is 2.19 bits per heavy atom. The van der Waals surface area contributed by atoms with Gasteiger partial charge in [-0.15, -0.1) is 0 Å². The Morgan fingerprint density at radius 1 is 1.43 bits per heavy atom. The molecule has 2 N–H and O–H groups in total. The zero-order chi connectivity index (χ0) is 15.5. The molecule has 2 heterocycles. The summed E-state index contributed by atoms with van der Waals surface area (Å²) in [6.45, 7) is 7.18. The number of carbonyl (C=O) groups is 1. The van der Waals surface area contributed by atoms with E-state index in [2.05, 4.69) is 22.5 Å². The topological polar surface area (TPSA) is 59.0 Å². The van der Waals surface area contributed by atoms with Gasteiger partial charge < -0.3 is 15.2 Å². The van der Waals surface area contributed by atoms with Crippen LogP contribution in [0.1, 0.15) is 32.8 Å². The van der Waals surface area contributed by atoms with Crippen LogP contribution in [0.3, 0.4) is 0 Å². The quantitative estimate of drug-likeness (QED) is 0.855. The van der Waals surface area contributed by atoms with Crippen LogP contribution >= 0.6 is 0 Å². The average Bonchev–Trinajstić information content (AvgIpc) is 2.77. The third kappa shape index (κ3) is 3.61. The Morgan fingerprint density at radius 3 is 2.86 bits per heavy atom. The van der Waals surface area contributed by atoms with Crippen molar-refractivity contribution in [3.05, 3.63) is 30.1 Å². The number of aromatic nitrogens is 2. The molecule has 2 rings (SSSR count). The summed E-state index contributed by atoms with van der Waals surface area (Å²) in [5, 5.41) is 7.30. The van der Waals surface area contributed by atoms with E-state index in [9.17, 15) is 4.79 Å². The predicted molar refractivity (Wildman–Crippen MR) is 85.0 cm³/mol. The van der Waals surface area contributed by atoms with Gasteiger partial charge in [-0.05, 0) is 45.0 Å². The summed E-state index contributed by atoms with van der Waals surface area (Å²) in [6.07, 6.45) is 4.66. The number of carbonyl (C=O) groups excluding carboxylic acids is 1. The highest BCUT2D eigenvalue weighted by atomic mass is 16.2. The van der Waals surface area contributed by atoms with E-state index in [1.165, 1.54) is 0 Å². The Kier molecular flexibility index (Phi) is 4.63. The molecule has 0 unspecified atom stereocenters. The minimum absolute atomic E-state index is 0.0143. The molecule has 0 fully saturated rings. The molecule has 1 amide bonds. The van der Waals surface area contributed by atoms with Crippen molar-refractivity contribution in [1.29, 1.82) is 0 Å². The molecule has 0 aliphatic carbocycles. The maximum Gasteiger partial charge on any atom is 0.240 e. The van der Waals surface area contributed by atoms with Gasteiger partial charge in [0, 0.05) is 29.9 Å². The third-order valence-corrected chi connectivity index (χ3v) is 3.76. The molecule has 5 heteroatoms. The minimum Gasteiger partial charge on any atom is -0.350 e. The second-order valence-electron chi connectivity index (χ2n) is 5.97. The van der Waals surface area contributed by atoms with E-state index in [-0.39, 0.29) is 11.4 Å². The number of nitrogens with zero attached hydrogens (tertiary/aromatic N) is 2. The van der Waals surface area contributed by atoms with E-state index in [4.69, 9.17) is 0 Å².